The summed E-state index contributed by atoms with van der Waals surface area (Å²) in [4.78, 5) is 3.42. The van der Waals surface area contributed by atoms with E-state index in [0.717, 1.165) is 12.1 Å². The van der Waals surface area contributed by atoms with Gasteiger partial charge in [-0.2, -0.15) is 13.2 Å². The highest BCUT2D eigenvalue weighted by molar-refractivity contribution is 6.49. The lowest BCUT2D eigenvalue weighted by molar-refractivity contribution is -0.141. The van der Waals surface area contributed by atoms with E-state index in [9.17, 15) is 13.2 Å². The summed E-state index contributed by atoms with van der Waals surface area (Å²) in [6.07, 6.45) is -4.86. The van der Waals surface area contributed by atoms with Crippen LogP contribution in [-0.4, -0.2) is 4.98 Å². The first-order valence-electron chi connectivity index (χ1n) is 7.47. The smallest absolute Gasteiger partial charge is 0.240 e. The average molecular weight is 524 g/mol. The van der Waals surface area contributed by atoms with Gasteiger partial charge in [-0.15, -0.1) is 0 Å². The van der Waals surface area contributed by atoms with E-state index < -0.39 is 28.9 Å². The van der Waals surface area contributed by atoms with Crippen molar-refractivity contribution in [3.63, 3.8) is 0 Å². The molecule has 152 valence electrons. The van der Waals surface area contributed by atoms with Crippen LogP contribution in [0.2, 0.25) is 30.1 Å². The third-order valence-corrected chi connectivity index (χ3v) is 6.19. The van der Waals surface area contributed by atoms with Gasteiger partial charge in [0.25, 0.3) is 0 Å². The third kappa shape index (κ3) is 4.55. The summed E-state index contributed by atoms with van der Waals surface area (Å²) < 4.78 is 55.5. The second-order valence-corrected chi connectivity index (χ2v) is 8.11. The van der Waals surface area contributed by atoms with Gasteiger partial charge in [-0.3, -0.25) is 0 Å². The van der Waals surface area contributed by atoms with Gasteiger partial charge in [-0.25, -0.2) is 9.37 Å². The van der Waals surface area contributed by atoms with Crippen molar-refractivity contribution in [2.75, 3.05) is 0 Å². The number of hydrogen-bond acceptors (Lipinski definition) is 1. The fourth-order valence-electron chi connectivity index (χ4n) is 2.48. The van der Waals surface area contributed by atoms with Gasteiger partial charge in [-0.05, 0) is 35.9 Å². The highest BCUT2D eigenvalue weighted by Crippen LogP contribution is 2.42. The van der Waals surface area contributed by atoms with Gasteiger partial charge < -0.3 is 0 Å². The van der Waals surface area contributed by atoms with Crippen molar-refractivity contribution < 1.29 is 17.6 Å². The van der Waals surface area contributed by atoms with Gasteiger partial charge >= 0.3 is 6.18 Å². The summed E-state index contributed by atoms with van der Waals surface area (Å²) in [5.74, 6) is -1.07. The van der Waals surface area contributed by atoms with E-state index in [2.05, 4.69) is 4.98 Å². The molecule has 0 N–H and O–H groups in total. The quantitative estimate of drug-likeness (QED) is 0.241. The minimum Gasteiger partial charge on any atom is -0.240 e. The highest BCUT2D eigenvalue weighted by Gasteiger charge is 2.35. The molecule has 0 aliphatic rings. The van der Waals surface area contributed by atoms with Crippen molar-refractivity contribution in [3.05, 3.63) is 72.0 Å². The summed E-state index contributed by atoms with van der Waals surface area (Å²) in [7, 11) is 0. The maximum Gasteiger partial charge on any atom is 0.433 e. The van der Waals surface area contributed by atoms with E-state index in [1.54, 1.807) is 0 Å². The van der Waals surface area contributed by atoms with Crippen LogP contribution in [0.1, 0.15) is 5.69 Å². The van der Waals surface area contributed by atoms with Gasteiger partial charge in [-0.1, -0.05) is 69.6 Å². The molecule has 0 radical (unpaired) electrons. The number of aromatic nitrogens is 1. The molecule has 3 rings (SSSR count). The first kappa shape index (κ1) is 22.7. The molecule has 2 aromatic carbocycles. The molecule has 0 bridgehead atoms. The van der Waals surface area contributed by atoms with Crippen molar-refractivity contribution in [2.45, 2.75) is 6.18 Å². The van der Waals surface area contributed by atoms with Crippen LogP contribution >= 0.6 is 69.6 Å². The third-order valence-electron chi connectivity index (χ3n) is 3.80. The normalized spacial score (nSPS) is 11.8. The second kappa shape index (κ2) is 8.29. The van der Waals surface area contributed by atoms with E-state index in [-0.39, 0.29) is 41.3 Å². The fraction of sp³-hybridized carbons (Fsp3) is 0.0556. The molecule has 0 fully saturated rings. The number of halogens is 10. The molecule has 0 saturated carbocycles. The molecule has 0 unspecified atom stereocenters. The van der Waals surface area contributed by atoms with Crippen molar-refractivity contribution >= 4 is 69.6 Å². The Kier molecular flexibility index (Phi) is 6.50. The molecule has 3 aromatic rings. The van der Waals surface area contributed by atoms with Crippen LogP contribution in [0.25, 0.3) is 22.4 Å². The summed E-state index contributed by atoms with van der Waals surface area (Å²) >= 11 is 35.5. The standard InChI is InChI=1S/C18H5Cl6F4N/c19-9-1-6(2-10(20)14(9)23)8-5-13(18(26,27)28)29-17(16(8)25)7-3-11(21)15(24)12(22)4-7/h1-5H. The molecule has 0 aliphatic heterocycles. The SMILES string of the molecule is Fc1c(-c2cc(Cl)c(Cl)c(Cl)c2)cc(C(F)(F)F)nc1-c1cc(Cl)c(Cl)c(Cl)c1. The lowest BCUT2D eigenvalue weighted by Gasteiger charge is -2.15. The van der Waals surface area contributed by atoms with Gasteiger partial charge in [0.15, 0.2) is 5.82 Å². The molecule has 0 atom stereocenters. The molecule has 0 saturated heterocycles. The minimum absolute atomic E-state index is 0.0147. The van der Waals surface area contributed by atoms with Gasteiger partial charge in [0.05, 0.1) is 30.1 Å². The molecule has 1 heterocycles. The lowest BCUT2D eigenvalue weighted by atomic mass is 10.0. The molecular formula is C18H5Cl6F4N. The number of pyridine rings is 1. The zero-order valence-electron chi connectivity index (χ0n) is 13.6. The first-order chi connectivity index (χ1) is 13.4. The monoisotopic (exact) mass is 521 g/mol. The number of benzene rings is 2. The van der Waals surface area contributed by atoms with Crippen LogP contribution in [0.4, 0.5) is 17.6 Å². The minimum atomic E-state index is -4.86. The molecule has 29 heavy (non-hydrogen) atoms. The van der Waals surface area contributed by atoms with Crippen molar-refractivity contribution in [1.29, 1.82) is 0 Å². The van der Waals surface area contributed by atoms with Crippen LogP contribution in [0, 0.1) is 5.82 Å². The zero-order valence-corrected chi connectivity index (χ0v) is 18.1. The number of nitrogens with zero attached hydrogens (tertiary/aromatic N) is 1. The predicted molar refractivity (Wildman–Crippen MR) is 110 cm³/mol. The fourth-order valence-corrected chi connectivity index (χ4v) is 3.67. The maximum absolute atomic E-state index is 15.3. The van der Waals surface area contributed by atoms with E-state index >= 15 is 4.39 Å². The molecule has 11 heteroatoms. The van der Waals surface area contributed by atoms with Gasteiger partial charge in [0, 0.05) is 11.1 Å². The Bertz CT molecular complexity index is 1010. The second-order valence-electron chi connectivity index (χ2n) is 5.72. The van der Waals surface area contributed by atoms with Gasteiger partial charge in [0.2, 0.25) is 0 Å². The van der Waals surface area contributed by atoms with Crippen LogP contribution < -0.4 is 0 Å². The van der Waals surface area contributed by atoms with E-state index in [1.165, 1.54) is 12.1 Å². The van der Waals surface area contributed by atoms with Crippen molar-refractivity contribution in [3.8, 4) is 22.4 Å². The molecule has 0 aliphatic carbocycles. The number of alkyl halides is 3. The summed E-state index contributed by atoms with van der Waals surface area (Å²) in [6.45, 7) is 0. The Balaban J connectivity index is 2.36. The number of hydrogen-bond donors (Lipinski definition) is 0. The molecule has 0 amide bonds. The van der Waals surface area contributed by atoms with Crippen LogP contribution in [0.3, 0.4) is 0 Å². The molecule has 0 spiro atoms. The summed E-state index contributed by atoms with van der Waals surface area (Å²) in [5, 5.41) is -0.310. The van der Waals surface area contributed by atoms with Crippen molar-refractivity contribution in [2.24, 2.45) is 0 Å². The Morgan fingerprint density at radius 2 is 1.07 bits per heavy atom. The average Bonchev–Trinajstić information content (AvgIpc) is 2.62. The van der Waals surface area contributed by atoms with E-state index in [4.69, 9.17) is 69.6 Å². The van der Waals surface area contributed by atoms with E-state index in [1.807, 2.05) is 0 Å². The van der Waals surface area contributed by atoms with Crippen LogP contribution in [0.5, 0.6) is 0 Å². The predicted octanol–water partition coefficient (Wildman–Crippen LogP) is 9.49. The van der Waals surface area contributed by atoms with Crippen molar-refractivity contribution in [1.82, 2.24) is 4.98 Å². The summed E-state index contributed by atoms with van der Waals surface area (Å²) in [6, 6.07) is 5.26. The first-order valence-corrected chi connectivity index (χ1v) is 9.74. The summed E-state index contributed by atoms with van der Waals surface area (Å²) in [5.41, 5.74) is -2.53. The zero-order chi connectivity index (χ0) is 21.7. The lowest BCUT2D eigenvalue weighted by Crippen LogP contribution is -2.10. The maximum atomic E-state index is 15.3. The van der Waals surface area contributed by atoms with Crippen LogP contribution in [0.15, 0.2) is 30.3 Å². The Morgan fingerprint density at radius 3 is 1.48 bits per heavy atom. The Labute approximate surface area is 192 Å². The van der Waals surface area contributed by atoms with E-state index in [0.29, 0.717) is 6.07 Å². The molecule has 1 aromatic heterocycles. The largest absolute Gasteiger partial charge is 0.433 e. The Morgan fingerprint density at radius 1 is 0.655 bits per heavy atom. The highest BCUT2D eigenvalue weighted by atomic mass is 35.5. The topological polar surface area (TPSA) is 12.9 Å². The van der Waals surface area contributed by atoms with Gasteiger partial charge in [0.1, 0.15) is 11.4 Å². The number of rotatable bonds is 2. The Hall–Kier alpha value is -0.950. The van der Waals surface area contributed by atoms with Crippen LogP contribution in [-0.2, 0) is 6.18 Å². The molecule has 1 nitrogen and oxygen atoms in total. The molecular weight excluding hydrogens is 519 g/mol.